The molecule has 2 fully saturated rings. The van der Waals surface area contributed by atoms with Crippen LogP contribution in [0.3, 0.4) is 0 Å². The van der Waals surface area contributed by atoms with Gasteiger partial charge < -0.3 is 15.8 Å². The Morgan fingerprint density at radius 1 is 1.39 bits per heavy atom. The first-order valence-corrected chi connectivity index (χ1v) is 7.06. The van der Waals surface area contributed by atoms with Gasteiger partial charge in [-0.2, -0.15) is 0 Å². The molecule has 0 spiro atoms. The highest BCUT2D eigenvalue weighted by Crippen LogP contribution is 2.39. The van der Waals surface area contributed by atoms with Crippen molar-refractivity contribution in [3.8, 4) is 0 Å². The van der Waals surface area contributed by atoms with Crippen LogP contribution in [-0.4, -0.2) is 32.2 Å². The largest absolute Gasteiger partial charge is 0.379 e. The van der Waals surface area contributed by atoms with Crippen molar-refractivity contribution in [3.63, 3.8) is 0 Å². The zero-order valence-corrected chi connectivity index (χ0v) is 11.6. The SMILES string of the molecule is CC(C)(CNC(=O)C1(CN)COC1)C1CCCC1. The number of rotatable bonds is 5. The smallest absolute Gasteiger partial charge is 0.232 e. The summed E-state index contributed by atoms with van der Waals surface area (Å²) in [6, 6.07) is 0. The molecule has 1 heterocycles. The van der Waals surface area contributed by atoms with Gasteiger partial charge in [0.05, 0.1) is 13.2 Å². The Labute approximate surface area is 110 Å². The quantitative estimate of drug-likeness (QED) is 0.777. The van der Waals surface area contributed by atoms with Gasteiger partial charge in [0, 0.05) is 13.1 Å². The van der Waals surface area contributed by atoms with Crippen LogP contribution in [-0.2, 0) is 9.53 Å². The lowest BCUT2D eigenvalue weighted by molar-refractivity contribution is -0.159. The lowest BCUT2D eigenvalue weighted by atomic mass is 9.77. The van der Waals surface area contributed by atoms with Crippen LogP contribution in [0.15, 0.2) is 0 Å². The van der Waals surface area contributed by atoms with Crippen molar-refractivity contribution >= 4 is 5.91 Å². The Morgan fingerprint density at radius 3 is 2.44 bits per heavy atom. The van der Waals surface area contributed by atoms with E-state index in [1.54, 1.807) is 0 Å². The fourth-order valence-electron chi connectivity index (χ4n) is 3.04. The molecule has 1 aliphatic carbocycles. The normalized spacial score (nSPS) is 23.7. The molecule has 1 aliphatic heterocycles. The number of carbonyl (C=O) groups excluding carboxylic acids is 1. The number of hydrogen-bond donors (Lipinski definition) is 2. The molecular formula is C14H26N2O2. The topological polar surface area (TPSA) is 64.4 Å². The molecule has 0 aromatic rings. The van der Waals surface area contributed by atoms with E-state index in [0.29, 0.717) is 19.8 Å². The molecule has 0 atom stereocenters. The van der Waals surface area contributed by atoms with E-state index in [9.17, 15) is 4.79 Å². The molecule has 2 aliphatic rings. The van der Waals surface area contributed by atoms with Crippen LogP contribution in [0.5, 0.6) is 0 Å². The van der Waals surface area contributed by atoms with Gasteiger partial charge in [0.2, 0.25) is 5.91 Å². The number of nitrogens with one attached hydrogen (secondary N) is 1. The molecule has 104 valence electrons. The second kappa shape index (κ2) is 5.17. The van der Waals surface area contributed by atoms with Crippen LogP contribution in [0.4, 0.5) is 0 Å². The minimum atomic E-state index is -0.453. The summed E-state index contributed by atoms with van der Waals surface area (Å²) in [5.74, 6) is 0.812. The van der Waals surface area contributed by atoms with Gasteiger partial charge in [0.25, 0.3) is 0 Å². The fourth-order valence-corrected chi connectivity index (χ4v) is 3.04. The number of hydrogen-bond acceptors (Lipinski definition) is 3. The minimum Gasteiger partial charge on any atom is -0.379 e. The van der Waals surface area contributed by atoms with E-state index in [2.05, 4.69) is 19.2 Å². The predicted molar refractivity (Wildman–Crippen MR) is 71.1 cm³/mol. The van der Waals surface area contributed by atoms with Gasteiger partial charge in [-0.25, -0.2) is 0 Å². The summed E-state index contributed by atoms with van der Waals surface area (Å²) in [5, 5.41) is 3.09. The van der Waals surface area contributed by atoms with Crippen LogP contribution >= 0.6 is 0 Å². The fraction of sp³-hybridized carbons (Fsp3) is 0.929. The van der Waals surface area contributed by atoms with E-state index >= 15 is 0 Å². The monoisotopic (exact) mass is 254 g/mol. The van der Waals surface area contributed by atoms with Crippen molar-refractivity contribution in [1.82, 2.24) is 5.32 Å². The summed E-state index contributed by atoms with van der Waals surface area (Å²) in [7, 11) is 0. The molecule has 3 N–H and O–H groups in total. The first-order valence-electron chi connectivity index (χ1n) is 7.06. The lowest BCUT2D eigenvalue weighted by Crippen LogP contribution is -2.59. The summed E-state index contributed by atoms with van der Waals surface area (Å²) in [5.41, 5.74) is 5.42. The van der Waals surface area contributed by atoms with Crippen LogP contribution < -0.4 is 11.1 Å². The Balaban J connectivity index is 1.84. The zero-order valence-electron chi connectivity index (χ0n) is 11.6. The number of carbonyl (C=O) groups is 1. The van der Waals surface area contributed by atoms with E-state index in [0.717, 1.165) is 12.5 Å². The maximum Gasteiger partial charge on any atom is 0.232 e. The van der Waals surface area contributed by atoms with Gasteiger partial charge in [-0.1, -0.05) is 26.7 Å². The maximum absolute atomic E-state index is 12.2. The standard InChI is InChI=1S/C14H26N2O2/c1-13(2,11-5-3-4-6-11)8-16-12(17)14(7-15)9-18-10-14/h11H,3-10,15H2,1-2H3,(H,16,17). The van der Waals surface area contributed by atoms with E-state index in [4.69, 9.17) is 10.5 Å². The minimum absolute atomic E-state index is 0.0716. The summed E-state index contributed by atoms with van der Waals surface area (Å²) < 4.78 is 5.14. The molecule has 1 amide bonds. The van der Waals surface area contributed by atoms with Crippen molar-refractivity contribution in [2.75, 3.05) is 26.3 Å². The second-order valence-electron chi connectivity index (χ2n) is 6.63. The van der Waals surface area contributed by atoms with Gasteiger partial charge in [-0.15, -0.1) is 0 Å². The van der Waals surface area contributed by atoms with E-state index < -0.39 is 5.41 Å². The third kappa shape index (κ3) is 2.54. The highest BCUT2D eigenvalue weighted by molar-refractivity contribution is 5.84. The molecule has 18 heavy (non-hydrogen) atoms. The van der Waals surface area contributed by atoms with Crippen LogP contribution in [0, 0.1) is 16.7 Å². The first-order chi connectivity index (χ1) is 8.50. The molecular weight excluding hydrogens is 228 g/mol. The third-order valence-corrected chi connectivity index (χ3v) is 4.79. The van der Waals surface area contributed by atoms with Gasteiger partial charge >= 0.3 is 0 Å². The molecule has 4 nitrogen and oxygen atoms in total. The maximum atomic E-state index is 12.2. The average Bonchev–Trinajstić information content (AvgIpc) is 2.80. The highest BCUT2D eigenvalue weighted by Gasteiger charge is 2.45. The van der Waals surface area contributed by atoms with E-state index in [-0.39, 0.29) is 11.3 Å². The molecule has 1 saturated heterocycles. The Kier molecular flexibility index (Phi) is 3.97. The van der Waals surface area contributed by atoms with Crippen molar-refractivity contribution in [2.24, 2.45) is 22.5 Å². The Bertz CT molecular complexity index is 299. The van der Waals surface area contributed by atoms with Crippen LogP contribution in [0.2, 0.25) is 0 Å². The van der Waals surface area contributed by atoms with Gasteiger partial charge in [-0.3, -0.25) is 4.79 Å². The van der Waals surface area contributed by atoms with E-state index in [1.165, 1.54) is 25.7 Å². The molecule has 0 aromatic heterocycles. The molecule has 0 radical (unpaired) electrons. The summed E-state index contributed by atoms with van der Waals surface area (Å²) >= 11 is 0. The van der Waals surface area contributed by atoms with E-state index in [1.807, 2.05) is 0 Å². The number of ether oxygens (including phenoxy) is 1. The molecule has 0 unspecified atom stereocenters. The molecule has 4 heteroatoms. The first kappa shape index (κ1) is 13.8. The molecule has 2 rings (SSSR count). The van der Waals surface area contributed by atoms with Crippen molar-refractivity contribution in [2.45, 2.75) is 39.5 Å². The number of amides is 1. The zero-order chi connectivity index (χ0) is 13.2. The third-order valence-electron chi connectivity index (χ3n) is 4.79. The lowest BCUT2D eigenvalue weighted by Gasteiger charge is -2.40. The van der Waals surface area contributed by atoms with Crippen molar-refractivity contribution < 1.29 is 9.53 Å². The Morgan fingerprint density at radius 2 is 2.00 bits per heavy atom. The average molecular weight is 254 g/mol. The molecule has 1 saturated carbocycles. The van der Waals surface area contributed by atoms with Gasteiger partial charge in [0.15, 0.2) is 0 Å². The second-order valence-corrected chi connectivity index (χ2v) is 6.63. The van der Waals surface area contributed by atoms with Crippen LogP contribution in [0.25, 0.3) is 0 Å². The number of nitrogens with two attached hydrogens (primary N) is 1. The summed E-state index contributed by atoms with van der Waals surface area (Å²) in [6.45, 7) is 6.59. The highest BCUT2D eigenvalue weighted by atomic mass is 16.5. The van der Waals surface area contributed by atoms with Gasteiger partial charge in [-0.05, 0) is 24.2 Å². The van der Waals surface area contributed by atoms with Crippen molar-refractivity contribution in [1.29, 1.82) is 0 Å². The summed E-state index contributed by atoms with van der Waals surface area (Å²) in [6.07, 6.45) is 5.27. The van der Waals surface area contributed by atoms with Crippen LogP contribution in [0.1, 0.15) is 39.5 Å². The Hall–Kier alpha value is -0.610. The molecule has 0 bridgehead atoms. The summed E-state index contributed by atoms with van der Waals surface area (Å²) in [4.78, 5) is 12.2. The molecule has 0 aromatic carbocycles. The van der Waals surface area contributed by atoms with Gasteiger partial charge in [0.1, 0.15) is 5.41 Å². The predicted octanol–water partition coefficient (Wildman–Crippen LogP) is 1.29. The van der Waals surface area contributed by atoms with Crippen molar-refractivity contribution in [3.05, 3.63) is 0 Å².